The number of imide groups is 2. The zero-order chi connectivity index (χ0) is 39.4. The molecular weight excluding hydrogens is 748 g/mol. The predicted octanol–water partition coefficient (Wildman–Crippen LogP) is 8.45. The van der Waals surface area contributed by atoms with Crippen molar-refractivity contribution in [1.82, 2.24) is 9.78 Å². The van der Waals surface area contributed by atoms with Crippen molar-refractivity contribution in [2.24, 2.45) is 36.1 Å². The average molecular weight is 787 g/mol. The molecule has 0 unspecified atom stereocenters. The third kappa shape index (κ3) is 5.09. The molecule has 3 aromatic carbocycles. The molecule has 12 heteroatoms. The highest BCUT2D eigenvalue weighted by atomic mass is 35.5. The number of hydrogen-bond acceptors (Lipinski definition) is 8. The number of phenols is 1. The van der Waals surface area contributed by atoms with Gasteiger partial charge in [0.05, 0.1) is 40.3 Å². The maximum atomic E-state index is 15.2. The van der Waals surface area contributed by atoms with Crippen LogP contribution in [0.3, 0.4) is 0 Å². The van der Waals surface area contributed by atoms with Crippen molar-refractivity contribution in [3.05, 3.63) is 107 Å². The van der Waals surface area contributed by atoms with E-state index in [2.05, 4.69) is 6.58 Å². The summed E-state index contributed by atoms with van der Waals surface area (Å²) < 4.78 is 8.42. The lowest BCUT2D eigenvalue weighted by atomic mass is 9.51. The molecule has 2 aliphatic carbocycles. The number of carbonyl (C=O) groups excluding carboxylic acids is 4. The number of rotatable bonds is 7. The van der Waals surface area contributed by atoms with Crippen LogP contribution in [-0.4, -0.2) is 45.1 Å². The minimum absolute atomic E-state index is 0.0475. The van der Waals surface area contributed by atoms with Crippen molar-refractivity contribution in [2.45, 2.75) is 39.5 Å². The maximum absolute atomic E-state index is 15.2. The Morgan fingerprint density at radius 1 is 1.00 bits per heavy atom. The van der Waals surface area contributed by atoms with Crippen LogP contribution in [0.1, 0.15) is 49.3 Å². The van der Waals surface area contributed by atoms with Gasteiger partial charge in [0.25, 0.3) is 0 Å². The van der Waals surface area contributed by atoms with E-state index in [0.29, 0.717) is 40.8 Å². The molecule has 6 atom stereocenters. The van der Waals surface area contributed by atoms with Gasteiger partial charge in [0.15, 0.2) is 11.5 Å². The fourth-order valence-corrected chi connectivity index (χ4v) is 11.1. The van der Waals surface area contributed by atoms with Gasteiger partial charge in [0, 0.05) is 28.8 Å². The molecule has 2 saturated heterocycles. The number of carbonyl (C=O) groups is 4. The van der Waals surface area contributed by atoms with Crippen molar-refractivity contribution in [3.8, 4) is 22.1 Å². The van der Waals surface area contributed by atoms with Gasteiger partial charge in [-0.1, -0.05) is 54.1 Å². The third-order valence-electron chi connectivity index (χ3n) is 12.5. The summed E-state index contributed by atoms with van der Waals surface area (Å²) in [4.78, 5) is 62.2. The lowest BCUT2D eigenvalue weighted by Gasteiger charge is -2.49. The van der Waals surface area contributed by atoms with Crippen LogP contribution in [-0.2, 0) is 26.2 Å². The second-order valence-corrected chi connectivity index (χ2v) is 16.8. The van der Waals surface area contributed by atoms with E-state index in [-0.39, 0.29) is 41.5 Å². The second kappa shape index (κ2) is 13.0. The standard InChI is InChI=1S/C44H39ClN4O6S/c1-6-23-8-12-26(13-9-23)48-40(51)28-15-14-27-30(37(28)42(48)53)20-31-41(52)49(43(54)44(31,4)38(27)24-10-16-33(50)34(18-24)55-7-2)36-21-32(46-47(36)5)39-22(3)29-19-25(45)11-17-35(29)56-39/h6,8-14,16-19,21,28,30-31,37-38,50H,1,7,15,20H2,2-5H3/t28-,30+,31-,37-,38-,44+/m0/s1. The zero-order valence-corrected chi connectivity index (χ0v) is 32.9. The Balaban J connectivity index is 1.15. The van der Waals surface area contributed by atoms with E-state index < -0.39 is 35.0 Å². The van der Waals surface area contributed by atoms with E-state index in [1.54, 1.807) is 65.5 Å². The lowest BCUT2D eigenvalue weighted by Crippen LogP contribution is -2.49. The Labute approximate surface area is 332 Å². The number of benzene rings is 3. The zero-order valence-electron chi connectivity index (χ0n) is 31.3. The highest BCUT2D eigenvalue weighted by Gasteiger charge is 2.68. The molecule has 3 fully saturated rings. The SMILES string of the molecule is C=Cc1ccc(N2C(=O)[C@H]3[C@H](CC=C4[C@H]3C[C@H]3C(=O)N(c5cc(-c6sc7ccc(Cl)cc7c6C)nn5C)C(=O)[C@@]3(C)[C@H]4c3ccc(O)c(OCC)c3)C2=O)cc1. The summed E-state index contributed by atoms with van der Waals surface area (Å²) in [5.74, 6) is -4.11. The molecule has 1 N–H and O–H groups in total. The summed E-state index contributed by atoms with van der Waals surface area (Å²) in [6.07, 6.45) is 4.23. The van der Waals surface area contributed by atoms with E-state index in [4.69, 9.17) is 21.4 Å². The van der Waals surface area contributed by atoms with E-state index in [1.165, 1.54) is 9.80 Å². The van der Waals surface area contributed by atoms with Crippen LogP contribution in [0, 0.1) is 36.0 Å². The van der Waals surface area contributed by atoms with Crippen molar-refractivity contribution in [2.75, 3.05) is 16.4 Å². The Bertz CT molecular complexity index is 2570. The first-order chi connectivity index (χ1) is 26.9. The van der Waals surface area contributed by atoms with Crippen molar-refractivity contribution < 1.29 is 29.0 Å². The monoisotopic (exact) mass is 786 g/mol. The van der Waals surface area contributed by atoms with Gasteiger partial charge >= 0.3 is 0 Å². The molecule has 0 radical (unpaired) electrons. The van der Waals surface area contributed by atoms with E-state index in [0.717, 1.165) is 31.7 Å². The van der Waals surface area contributed by atoms with Crippen LogP contribution >= 0.6 is 22.9 Å². The van der Waals surface area contributed by atoms with Crippen molar-refractivity contribution >= 4 is 74.2 Å². The summed E-state index contributed by atoms with van der Waals surface area (Å²) >= 11 is 7.90. The molecule has 2 aromatic heterocycles. The molecule has 4 aliphatic rings. The molecule has 4 amide bonds. The third-order valence-corrected chi connectivity index (χ3v) is 14.0. The molecular formula is C44H39ClN4O6S. The number of fused-ring (bicyclic) bond motifs is 5. The first-order valence-corrected chi connectivity index (χ1v) is 19.9. The van der Waals surface area contributed by atoms with Crippen LogP contribution in [0.25, 0.3) is 26.7 Å². The summed E-state index contributed by atoms with van der Waals surface area (Å²) in [7, 11) is 1.72. The molecule has 0 spiro atoms. The fraction of sp³-hybridized carbons (Fsp3) is 0.295. The van der Waals surface area contributed by atoms with Crippen molar-refractivity contribution in [3.63, 3.8) is 0 Å². The Kier molecular flexibility index (Phi) is 8.41. The smallest absolute Gasteiger partial charge is 0.242 e. The number of amides is 4. The van der Waals surface area contributed by atoms with E-state index in [9.17, 15) is 19.5 Å². The molecule has 2 aliphatic heterocycles. The van der Waals surface area contributed by atoms with Gasteiger partial charge in [0.2, 0.25) is 23.6 Å². The molecule has 1 saturated carbocycles. The van der Waals surface area contributed by atoms with Crippen molar-refractivity contribution in [1.29, 1.82) is 0 Å². The number of hydrogen-bond donors (Lipinski definition) is 1. The summed E-state index contributed by atoms with van der Waals surface area (Å²) in [5, 5.41) is 17.2. The molecule has 4 heterocycles. The Morgan fingerprint density at radius 3 is 2.50 bits per heavy atom. The normalized spacial score (nSPS) is 25.7. The van der Waals surface area contributed by atoms with Gasteiger partial charge in [-0.2, -0.15) is 5.10 Å². The highest BCUT2D eigenvalue weighted by molar-refractivity contribution is 7.22. The van der Waals surface area contributed by atoms with Gasteiger partial charge in [-0.3, -0.25) is 28.8 Å². The number of anilines is 2. The largest absolute Gasteiger partial charge is 0.504 e. The van der Waals surface area contributed by atoms with Crippen LogP contribution in [0.5, 0.6) is 11.5 Å². The first-order valence-electron chi connectivity index (χ1n) is 18.7. The van der Waals surface area contributed by atoms with Gasteiger partial charge < -0.3 is 9.84 Å². The Morgan fingerprint density at radius 2 is 1.77 bits per heavy atom. The topological polar surface area (TPSA) is 122 Å². The number of halogens is 1. The molecule has 5 aromatic rings. The first kappa shape index (κ1) is 36.1. The van der Waals surface area contributed by atoms with Crippen LogP contribution in [0.2, 0.25) is 5.02 Å². The molecule has 10 nitrogen and oxygen atoms in total. The van der Waals surface area contributed by atoms with Gasteiger partial charge in [-0.15, -0.1) is 11.3 Å². The maximum Gasteiger partial charge on any atom is 0.242 e. The van der Waals surface area contributed by atoms with Gasteiger partial charge in [-0.25, -0.2) is 4.90 Å². The number of phenolic OH excluding ortho intramolecular Hbond substituents is 1. The minimum atomic E-state index is -1.28. The van der Waals surface area contributed by atoms with Crippen LogP contribution in [0.15, 0.2) is 85.0 Å². The number of aromatic nitrogens is 2. The number of thiophene rings is 1. The predicted molar refractivity (Wildman–Crippen MR) is 217 cm³/mol. The van der Waals surface area contributed by atoms with Crippen LogP contribution < -0.4 is 14.5 Å². The van der Waals surface area contributed by atoms with E-state index in [1.807, 2.05) is 57.2 Å². The number of allylic oxidation sites excluding steroid dienone is 2. The molecule has 9 rings (SSSR count). The molecule has 284 valence electrons. The quantitative estimate of drug-likeness (QED) is 0.130. The molecule has 0 bridgehead atoms. The van der Waals surface area contributed by atoms with Crippen LogP contribution in [0.4, 0.5) is 11.5 Å². The number of nitrogens with zero attached hydrogens (tertiary/aromatic N) is 4. The lowest BCUT2D eigenvalue weighted by molar-refractivity contribution is -0.131. The fourth-order valence-electron chi connectivity index (χ4n) is 9.82. The summed E-state index contributed by atoms with van der Waals surface area (Å²) in [5.41, 5.74) is 3.22. The minimum Gasteiger partial charge on any atom is -0.504 e. The van der Waals surface area contributed by atoms with Gasteiger partial charge in [0.1, 0.15) is 11.5 Å². The van der Waals surface area contributed by atoms with E-state index >= 15 is 4.79 Å². The average Bonchev–Trinajstić information content (AvgIpc) is 3.86. The second-order valence-electron chi connectivity index (χ2n) is 15.3. The summed E-state index contributed by atoms with van der Waals surface area (Å²) in [6.45, 7) is 9.77. The number of aromatic hydroxyl groups is 1. The molecule has 56 heavy (non-hydrogen) atoms. The number of aryl methyl sites for hydroxylation is 2. The van der Waals surface area contributed by atoms with Gasteiger partial charge in [-0.05, 0) is 104 Å². The summed E-state index contributed by atoms with van der Waals surface area (Å²) in [6, 6.07) is 19.7. The Hall–Kier alpha value is -5.52. The highest BCUT2D eigenvalue weighted by Crippen LogP contribution is 2.64. The number of ether oxygens (including phenoxy) is 1.